The Balaban J connectivity index is 1.63. The smallest absolute Gasteiger partial charge is 0.226 e. The number of methoxy groups -OCH3 is 1. The quantitative estimate of drug-likeness (QED) is 0.421. The van der Waals surface area contributed by atoms with E-state index in [1.807, 2.05) is 41.1 Å². The van der Waals surface area contributed by atoms with Crippen LogP contribution in [0.2, 0.25) is 5.02 Å². The number of nitrogens with zero attached hydrogens (tertiary/aromatic N) is 3. The second-order valence-electron chi connectivity index (χ2n) is 8.21. The lowest BCUT2D eigenvalue weighted by atomic mass is 9.84. The van der Waals surface area contributed by atoms with Gasteiger partial charge in [0, 0.05) is 21.7 Å². The van der Waals surface area contributed by atoms with Gasteiger partial charge in [0.15, 0.2) is 0 Å². The predicted octanol–water partition coefficient (Wildman–Crippen LogP) is 5.81. The van der Waals surface area contributed by atoms with Crippen LogP contribution in [0.25, 0.3) is 5.70 Å². The first kappa shape index (κ1) is 19.9. The summed E-state index contributed by atoms with van der Waals surface area (Å²) in [5.74, 6) is 2.21. The fraction of sp³-hybridized carbons (Fsp3) is 0.154. The molecule has 0 radical (unpaired) electrons. The van der Waals surface area contributed by atoms with Crippen molar-refractivity contribution in [2.75, 3.05) is 12.4 Å². The van der Waals surface area contributed by atoms with E-state index in [4.69, 9.17) is 21.1 Å². The normalized spacial score (nSPS) is 18.5. The summed E-state index contributed by atoms with van der Waals surface area (Å²) in [5.41, 5.74) is 6.18. The van der Waals surface area contributed by atoms with Crippen molar-refractivity contribution in [1.82, 2.24) is 14.8 Å². The van der Waals surface area contributed by atoms with Crippen molar-refractivity contribution >= 4 is 23.2 Å². The van der Waals surface area contributed by atoms with Crippen molar-refractivity contribution in [3.63, 3.8) is 0 Å². The van der Waals surface area contributed by atoms with E-state index in [1.54, 1.807) is 13.4 Å². The van der Waals surface area contributed by atoms with E-state index in [9.17, 15) is 0 Å². The molecule has 7 heteroatoms. The molecule has 4 aromatic rings. The summed E-state index contributed by atoms with van der Waals surface area (Å²) in [7, 11) is 1.67. The lowest BCUT2D eigenvalue weighted by Crippen LogP contribution is -2.32. The number of rotatable bonds is 3. The first-order chi connectivity index (χ1) is 16.1. The molecule has 6 nitrogen and oxygen atoms in total. The molecule has 0 spiro atoms. The zero-order valence-corrected chi connectivity index (χ0v) is 18.9. The highest BCUT2D eigenvalue weighted by molar-refractivity contribution is 6.30. The highest BCUT2D eigenvalue weighted by atomic mass is 35.5. The van der Waals surface area contributed by atoms with Gasteiger partial charge in [-0.2, -0.15) is 10.1 Å². The number of ether oxygens (including phenoxy) is 2. The van der Waals surface area contributed by atoms with Gasteiger partial charge < -0.3 is 14.8 Å². The average molecular weight is 457 g/mol. The third-order valence-electron chi connectivity index (χ3n) is 6.17. The lowest BCUT2D eigenvalue weighted by molar-refractivity contribution is 0.222. The Kier molecular flexibility index (Phi) is 4.62. The van der Waals surface area contributed by atoms with Crippen molar-refractivity contribution < 1.29 is 9.47 Å². The van der Waals surface area contributed by atoms with Gasteiger partial charge in [-0.1, -0.05) is 53.6 Å². The third-order valence-corrected chi connectivity index (χ3v) is 6.40. The van der Waals surface area contributed by atoms with Gasteiger partial charge in [0.25, 0.3) is 0 Å². The van der Waals surface area contributed by atoms with Crippen molar-refractivity contribution in [3.05, 3.63) is 106 Å². The summed E-state index contributed by atoms with van der Waals surface area (Å²) in [6.07, 6.45) is 1.21. The fourth-order valence-corrected chi connectivity index (χ4v) is 4.76. The average Bonchev–Trinajstić information content (AvgIpc) is 3.31. The van der Waals surface area contributed by atoms with Crippen LogP contribution >= 0.6 is 11.6 Å². The first-order valence-corrected chi connectivity index (χ1v) is 11.1. The van der Waals surface area contributed by atoms with Gasteiger partial charge in [-0.25, -0.2) is 4.68 Å². The second kappa shape index (κ2) is 7.67. The molecule has 0 bridgehead atoms. The maximum atomic E-state index is 6.64. The summed E-state index contributed by atoms with van der Waals surface area (Å²) in [4.78, 5) is 4.47. The number of hydrogen-bond acceptors (Lipinski definition) is 5. The van der Waals surface area contributed by atoms with Gasteiger partial charge in [0.2, 0.25) is 5.95 Å². The van der Waals surface area contributed by atoms with Gasteiger partial charge >= 0.3 is 0 Å². The third kappa shape index (κ3) is 3.26. The molecular weight excluding hydrogens is 436 g/mol. The zero-order chi connectivity index (χ0) is 22.5. The topological polar surface area (TPSA) is 61.2 Å². The number of halogens is 1. The number of aromatic nitrogens is 3. The lowest BCUT2D eigenvalue weighted by Gasteiger charge is -2.39. The minimum atomic E-state index is -0.361. The Bertz CT molecular complexity index is 1390. The molecule has 0 fully saturated rings. The second-order valence-corrected chi connectivity index (χ2v) is 8.65. The highest BCUT2D eigenvalue weighted by Gasteiger charge is 2.41. The molecule has 164 valence electrons. The summed E-state index contributed by atoms with van der Waals surface area (Å²) >= 11 is 6.40. The Hall–Kier alpha value is -3.77. The van der Waals surface area contributed by atoms with E-state index < -0.39 is 0 Å². The maximum absolute atomic E-state index is 6.64. The van der Waals surface area contributed by atoms with E-state index in [1.165, 1.54) is 5.56 Å². The van der Waals surface area contributed by atoms with E-state index in [2.05, 4.69) is 52.7 Å². The van der Waals surface area contributed by atoms with Crippen LogP contribution in [0, 0.1) is 6.92 Å². The highest BCUT2D eigenvalue weighted by Crippen LogP contribution is 2.51. The molecule has 2 aliphatic rings. The van der Waals surface area contributed by atoms with Crippen LogP contribution in [0.15, 0.2) is 78.6 Å². The summed E-state index contributed by atoms with van der Waals surface area (Å²) in [6, 6.07) is 22.0. The van der Waals surface area contributed by atoms with E-state index >= 15 is 0 Å². The molecule has 6 rings (SSSR count). The molecule has 2 aliphatic heterocycles. The summed E-state index contributed by atoms with van der Waals surface area (Å²) in [6.45, 7) is 2.08. The standard InChI is InChI=1S/C26H21ClN4O2/c1-15-6-8-16(9-7-15)24-22-23(30-26-28-14-29-31(24)26)20-13-18(27)10-11-21(20)33-25(22)17-4-3-5-19(12-17)32-2/h3-14,24-25H,1-2H3,(H,28,29,30)/t24-,25+/m0/s1. The number of aryl methyl sites for hydroxylation is 1. The van der Waals surface area contributed by atoms with Crippen molar-refractivity contribution in [2.24, 2.45) is 0 Å². The Morgan fingerprint density at radius 2 is 1.88 bits per heavy atom. The Morgan fingerprint density at radius 3 is 2.70 bits per heavy atom. The van der Waals surface area contributed by atoms with Gasteiger partial charge in [0.05, 0.1) is 12.8 Å². The van der Waals surface area contributed by atoms with E-state index in [-0.39, 0.29) is 12.1 Å². The SMILES string of the molecule is COc1cccc([C@H]2Oc3ccc(Cl)cc3C3=C2[C@H](c2ccc(C)cc2)n2ncnc2N3)c1. The molecule has 0 saturated heterocycles. The zero-order valence-electron chi connectivity index (χ0n) is 18.1. The van der Waals surface area contributed by atoms with Crippen LogP contribution in [-0.4, -0.2) is 21.9 Å². The maximum Gasteiger partial charge on any atom is 0.226 e. The minimum Gasteiger partial charge on any atom is -0.497 e. The molecule has 0 aliphatic carbocycles. The van der Waals surface area contributed by atoms with Crippen LogP contribution < -0.4 is 14.8 Å². The van der Waals surface area contributed by atoms with E-state index in [0.717, 1.165) is 39.5 Å². The summed E-state index contributed by atoms with van der Waals surface area (Å²) < 4.78 is 14.1. The number of benzene rings is 3. The molecule has 0 amide bonds. The molecule has 33 heavy (non-hydrogen) atoms. The van der Waals surface area contributed by atoms with Gasteiger partial charge in [-0.15, -0.1) is 0 Å². The van der Waals surface area contributed by atoms with Gasteiger partial charge in [-0.3, -0.25) is 0 Å². The predicted molar refractivity (Wildman–Crippen MR) is 128 cm³/mol. The molecule has 3 aromatic carbocycles. The van der Waals surface area contributed by atoms with Crippen molar-refractivity contribution in [2.45, 2.75) is 19.1 Å². The van der Waals surface area contributed by atoms with Crippen LogP contribution in [0.4, 0.5) is 5.95 Å². The van der Waals surface area contributed by atoms with E-state index in [0.29, 0.717) is 11.0 Å². The Labute approximate surface area is 196 Å². The monoisotopic (exact) mass is 456 g/mol. The van der Waals surface area contributed by atoms with Crippen molar-refractivity contribution in [1.29, 1.82) is 0 Å². The Morgan fingerprint density at radius 1 is 1.03 bits per heavy atom. The first-order valence-electron chi connectivity index (χ1n) is 10.7. The van der Waals surface area contributed by atoms with Crippen LogP contribution in [0.1, 0.15) is 34.4 Å². The minimum absolute atomic E-state index is 0.206. The number of nitrogens with one attached hydrogen (secondary N) is 1. The molecule has 0 unspecified atom stereocenters. The van der Waals surface area contributed by atoms with Crippen molar-refractivity contribution in [3.8, 4) is 11.5 Å². The van der Waals surface area contributed by atoms with Gasteiger partial charge in [0.1, 0.15) is 30.0 Å². The van der Waals surface area contributed by atoms with Crippen LogP contribution in [-0.2, 0) is 0 Å². The van der Waals surface area contributed by atoms with Crippen LogP contribution in [0.3, 0.4) is 0 Å². The molecule has 0 saturated carbocycles. The molecule has 1 aromatic heterocycles. The van der Waals surface area contributed by atoms with Crippen LogP contribution in [0.5, 0.6) is 11.5 Å². The molecule has 2 atom stereocenters. The molecular formula is C26H21ClN4O2. The molecule has 1 N–H and O–H groups in total. The number of anilines is 1. The number of fused-ring (bicyclic) bond motifs is 3. The van der Waals surface area contributed by atoms with Gasteiger partial charge in [-0.05, 0) is 42.8 Å². The summed E-state index contributed by atoms with van der Waals surface area (Å²) in [5, 5.41) is 8.71. The number of hydrogen-bond donors (Lipinski definition) is 1. The fourth-order valence-electron chi connectivity index (χ4n) is 4.59. The molecule has 3 heterocycles. The largest absolute Gasteiger partial charge is 0.497 e.